The predicted octanol–water partition coefficient (Wildman–Crippen LogP) is 2.78. The minimum absolute atomic E-state index is 0.0699. The number of benzene rings is 1. The Morgan fingerprint density at radius 3 is 2.71 bits per heavy atom. The molecule has 2 unspecified atom stereocenters. The third-order valence-corrected chi connectivity index (χ3v) is 4.86. The lowest BCUT2D eigenvalue weighted by Gasteiger charge is -2.36. The van der Waals surface area contributed by atoms with Crippen molar-refractivity contribution in [1.29, 1.82) is 0 Å². The van der Waals surface area contributed by atoms with Gasteiger partial charge in [-0.1, -0.05) is 44.2 Å². The summed E-state index contributed by atoms with van der Waals surface area (Å²) in [7, 11) is 0. The van der Waals surface area contributed by atoms with Crippen LogP contribution in [0.4, 0.5) is 0 Å². The summed E-state index contributed by atoms with van der Waals surface area (Å²) >= 11 is 0. The highest BCUT2D eigenvalue weighted by Gasteiger charge is 2.31. The summed E-state index contributed by atoms with van der Waals surface area (Å²) in [5.41, 5.74) is 6.95. The molecule has 1 aromatic rings. The maximum absolute atomic E-state index is 12.8. The molecular formula is C20H33N3O. The van der Waals surface area contributed by atoms with Crippen molar-refractivity contribution in [2.45, 2.75) is 52.1 Å². The summed E-state index contributed by atoms with van der Waals surface area (Å²) in [5.74, 6) is 0.752. The Morgan fingerprint density at radius 2 is 2.08 bits per heavy atom. The van der Waals surface area contributed by atoms with Gasteiger partial charge in [-0.2, -0.15) is 0 Å². The summed E-state index contributed by atoms with van der Waals surface area (Å²) in [4.78, 5) is 15.2. The van der Waals surface area contributed by atoms with E-state index >= 15 is 0 Å². The molecule has 3 N–H and O–H groups in total. The number of nitrogens with one attached hydrogen (secondary N) is 1. The van der Waals surface area contributed by atoms with E-state index in [9.17, 15) is 4.79 Å². The number of hydrogen-bond donors (Lipinski definition) is 2. The van der Waals surface area contributed by atoms with E-state index in [1.807, 2.05) is 6.07 Å². The fourth-order valence-electron chi connectivity index (χ4n) is 3.74. The van der Waals surface area contributed by atoms with Gasteiger partial charge in [0.25, 0.3) is 0 Å². The summed E-state index contributed by atoms with van der Waals surface area (Å²) in [6.07, 6.45) is 2.96. The zero-order valence-electron chi connectivity index (χ0n) is 15.4. The van der Waals surface area contributed by atoms with Gasteiger partial charge in [0.2, 0.25) is 5.91 Å². The monoisotopic (exact) mass is 331 g/mol. The molecule has 1 fully saturated rings. The van der Waals surface area contributed by atoms with Gasteiger partial charge in [0.1, 0.15) is 0 Å². The highest BCUT2D eigenvalue weighted by atomic mass is 16.2. The van der Waals surface area contributed by atoms with Crippen molar-refractivity contribution in [2.75, 3.05) is 19.6 Å². The Balaban J connectivity index is 1.92. The van der Waals surface area contributed by atoms with E-state index in [0.717, 1.165) is 38.9 Å². The first kappa shape index (κ1) is 18.9. The van der Waals surface area contributed by atoms with Gasteiger partial charge >= 0.3 is 0 Å². The van der Waals surface area contributed by atoms with Crippen molar-refractivity contribution in [1.82, 2.24) is 10.2 Å². The molecule has 0 spiro atoms. The minimum atomic E-state index is -0.299. The number of hydrogen-bond acceptors (Lipinski definition) is 3. The van der Waals surface area contributed by atoms with Gasteiger partial charge in [-0.3, -0.25) is 9.69 Å². The Morgan fingerprint density at radius 1 is 1.38 bits per heavy atom. The van der Waals surface area contributed by atoms with Crippen molar-refractivity contribution < 1.29 is 4.79 Å². The van der Waals surface area contributed by atoms with Gasteiger partial charge in [0, 0.05) is 25.2 Å². The average molecular weight is 332 g/mol. The summed E-state index contributed by atoms with van der Waals surface area (Å²) < 4.78 is 0. The maximum atomic E-state index is 12.8. The zero-order chi connectivity index (χ0) is 17.6. The minimum Gasteiger partial charge on any atom is -0.349 e. The molecule has 0 aliphatic carbocycles. The van der Waals surface area contributed by atoms with Gasteiger partial charge in [0.15, 0.2) is 0 Å². The highest BCUT2D eigenvalue weighted by molar-refractivity contribution is 5.79. The number of likely N-dealkylation sites (tertiary alicyclic amines) is 1. The normalized spacial score (nSPS) is 21.5. The van der Waals surface area contributed by atoms with Crippen LogP contribution in [-0.2, 0) is 11.3 Å². The number of piperidine rings is 1. The largest absolute Gasteiger partial charge is 0.349 e. The SMILES string of the molecule is CC(C)CC(C)(CN)NC(=O)C1CCCN(Cc2ccccc2)C1. The van der Waals surface area contributed by atoms with Crippen LogP contribution >= 0.6 is 0 Å². The van der Waals surface area contributed by atoms with E-state index in [-0.39, 0.29) is 17.4 Å². The van der Waals surface area contributed by atoms with Crippen LogP contribution in [0.15, 0.2) is 30.3 Å². The number of nitrogens with two attached hydrogens (primary N) is 1. The third kappa shape index (κ3) is 5.60. The second-order valence-electron chi connectivity index (χ2n) is 7.91. The molecule has 0 bridgehead atoms. The molecule has 4 nitrogen and oxygen atoms in total. The van der Waals surface area contributed by atoms with Crippen LogP contribution in [0.3, 0.4) is 0 Å². The molecule has 1 aliphatic heterocycles. The number of rotatable bonds is 7. The van der Waals surface area contributed by atoms with E-state index in [0.29, 0.717) is 12.5 Å². The second-order valence-corrected chi connectivity index (χ2v) is 7.91. The fraction of sp³-hybridized carbons (Fsp3) is 0.650. The van der Waals surface area contributed by atoms with Gasteiger partial charge in [-0.05, 0) is 44.2 Å². The van der Waals surface area contributed by atoms with Crippen LogP contribution < -0.4 is 11.1 Å². The lowest BCUT2D eigenvalue weighted by atomic mass is 9.89. The van der Waals surface area contributed by atoms with Crippen LogP contribution in [0.2, 0.25) is 0 Å². The van der Waals surface area contributed by atoms with E-state index in [2.05, 4.69) is 55.3 Å². The number of carbonyl (C=O) groups excluding carboxylic acids is 1. The Kier molecular flexibility index (Phi) is 6.81. The third-order valence-electron chi connectivity index (χ3n) is 4.86. The van der Waals surface area contributed by atoms with Gasteiger partial charge in [-0.15, -0.1) is 0 Å². The van der Waals surface area contributed by atoms with Crippen molar-refractivity contribution in [3.63, 3.8) is 0 Å². The molecule has 0 radical (unpaired) electrons. The molecule has 0 aromatic heterocycles. The first-order valence-electron chi connectivity index (χ1n) is 9.20. The molecule has 1 aromatic carbocycles. The standard InChI is InChI=1S/C20H33N3O/c1-16(2)12-20(3,15-21)22-19(24)18-10-7-11-23(14-18)13-17-8-5-4-6-9-17/h4-6,8-9,16,18H,7,10-15,21H2,1-3H3,(H,22,24). The molecule has 1 heterocycles. The van der Waals surface area contributed by atoms with Crippen LogP contribution in [0.5, 0.6) is 0 Å². The molecule has 1 aliphatic rings. The quantitative estimate of drug-likeness (QED) is 0.808. The topological polar surface area (TPSA) is 58.4 Å². The van der Waals surface area contributed by atoms with Crippen molar-refractivity contribution >= 4 is 5.91 Å². The van der Waals surface area contributed by atoms with Crippen molar-refractivity contribution in [2.24, 2.45) is 17.6 Å². The Bertz CT molecular complexity index is 517. The van der Waals surface area contributed by atoms with E-state index in [1.54, 1.807) is 0 Å². The molecule has 4 heteroatoms. The van der Waals surface area contributed by atoms with Crippen LogP contribution in [-0.4, -0.2) is 36.0 Å². The number of amides is 1. The van der Waals surface area contributed by atoms with Gasteiger partial charge < -0.3 is 11.1 Å². The summed E-state index contributed by atoms with van der Waals surface area (Å²) in [6, 6.07) is 10.5. The number of carbonyl (C=O) groups is 1. The first-order valence-corrected chi connectivity index (χ1v) is 9.20. The molecule has 0 saturated carbocycles. The lowest BCUT2D eigenvalue weighted by Crippen LogP contribution is -2.55. The molecule has 24 heavy (non-hydrogen) atoms. The zero-order valence-corrected chi connectivity index (χ0v) is 15.4. The Hall–Kier alpha value is -1.39. The molecule has 1 saturated heterocycles. The first-order chi connectivity index (χ1) is 11.4. The molecule has 1 amide bonds. The smallest absolute Gasteiger partial charge is 0.224 e. The molecular weight excluding hydrogens is 298 g/mol. The van der Waals surface area contributed by atoms with Crippen LogP contribution in [0.1, 0.15) is 45.6 Å². The second kappa shape index (κ2) is 8.63. The van der Waals surface area contributed by atoms with Crippen molar-refractivity contribution in [3.05, 3.63) is 35.9 Å². The van der Waals surface area contributed by atoms with E-state index in [1.165, 1.54) is 5.56 Å². The van der Waals surface area contributed by atoms with Crippen LogP contribution in [0, 0.1) is 11.8 Å². The highest BCUT2D eigenvalue weighted by Crippen LogP contribution is 2.21. The lowest BCUT2D eigenvalue weighted by molar-refractivity contribution is -0.128. The van der Waals surface area contributed by atoms with Crippen molar-refractivity contribution in [3.8, 4) is 0 Å². The Labute approximate surface area is 146 Å². The maximum Gasteiger partial charge on any atom is 0.224 e. The predicted molar refractivity (Wildman–Crippen MR) is 99.5 cm³/mol. The summed E-state index contributed by atoms with van der Waals surface area (Å²) in [5, 5.41) is 3.24. The van der Waals surface area contributed by atoms with Gasteiger partial charge in [0.05, 0.1) is 5.92 Å². The fourth-order valence-corrected chi connectivity index (χ4v) is 3.74. The van der Waals surface area contributed by atoms with Gasteiger partial charge in [-0.25, -0.2) is 0 Å². The number of nitrogens with zero attached hydrogens (tertiary/aromatic N) is 1. The van der Waals surface area contributed by atoms with E-state index < -0.39 is 0 Å². The van der Waals surface area contributed by atoms with E-state index in [4.69, 9.17) is 5.73 Å². The molecule has 2 atom stereocenters. The average Bonchev–Trinajstić information content (AvgIpc) is 2.55. The molecule has 2 rings (SSSR count). The molecule has 134 valence electrons. The van der Waals surface area contributed by atoms with Crippen LogP contribution in [0.25, 0.3) is 0 Å². The summed E-state index contributed by atoms with van der Waals surface area (Å²) in [6.45, 7) is 9.71.